The third-order valence-corrected chi connectivity index (χ3v) is 3.84. The number of halogens is 1. The number of ketones is 1. The van der Waals surface area contributed by atoms with Crippen molar-refractivity contribution in [3.63, 3.8) is 0 Å². The summed E-state index contributed by atoms with van der Waals surface area (Å²) in [6, 6.07) is 12.1. The lowest BCUT2D eigenvalue weighted by Gasteiger charge is -2.05. The van der Waals surface area contributed by atoms with E-state index in [0.717, 1.165) is 11.1 Å². The Hall–Kier alpha value is -2.79. The van der Waals surface area contributed by atoms with Crippen molar-refractivity contribution in [2.24, 2.45) is 0 Å². The molecule has 0 radical (unpaired) electrons. The molecule has 0 aliphatic rings. The van der Waals surface area contributed by atoms with Crippen molar-refractivity contribution in [3.8, 4) is 5.75 Å². The van der Waals surface area contributed by atoms with Crippen LogP contribution in [0.25, 0.3) is 10.9 Å². The van der Waals surface area contributed by atoms with Gasteiger partial charge in [-0.15, -0.1) is 0 Å². The number of methoxy groups -OCH3 is 1. The van der Waals surface area contributed by atoms with Crippen LogP contribution in [0.3, 0.4) is 0 Å². The Balaban J connectivity index is 1.71. The third-order valence-electron chi connectivity index (χ3n) is 3.60. The van der Waals surface area contributed by atoms with Crippen LogP contribution in [0.5, 0.6) is 5.75 Å². The SMILES string of the molecule is COc1ccc(COC(=O)C(=O)c2c[nH]c3ccc(Cl)cc23)cc1. The topological polar surface area (TPSA) is 68.4 Å². The number of ether oxygens (including phenoxy) is 2. The molecule has 0 bridgehead atoms. The summed E-state index contributed by atoms with van der Waals surface area (Å²) in [6.07, 6.45) is 1.48. The highest BCUT2D eigenvalue weighted by atomic mass is 35.5. The zero-order valence-electron chi connectivity index (χ0n) is 12.8. The van der Waals surface area contributed by atoms with Crippen molar-refractivity contribution < 1.29 is 19.1 Å². The van der Waals surface area contributed by atoms with Crippen LogP contribution in [0.2, 0.25) is 5.02 Å². The number of aromatic amines is 1. The lowest BCUT2D eigenvalue weighted by Crippen LogP contribution is -2.17. The lowest BCUT2D eigenvalue weighted by atomic mass is 10.1. The number of Topliss-reactive ketones (excluding diaryl/α,β-unsaturated/α-hetero) is 1. The number of hydrogen-bond donors (Lipinski definition) is 1. The van der Waals surface area contributed by atoms with Crippen LogP contribution in [0.4, 0.5) is 0 Å². The zero-order valence-corrected chi connectivity index (χ0v) is 13.6. The highest BCUT2D eigenvalue weighted by Gasteiger charge is 2.21. The Morgan fingerprint density at radius 1 is 1.12 bits per heavy atom. The molecule has 122 valence electrons. The second kappa shape index (κ2) is 6.76. The average Bonchev–Trinajstić information content (AvgIpc) is 3.02. The summed E-state index contributed by atoms with van der Waals surface area (Å²) in [5.41, 5.74) is 1.73. The molecule has 3 aromatic rings. The number of aromatic nitrogens is 1. The number of fused-ring (bicyclic) bond motifs is 1. The molecule has 0 spiro atoms. The molecule has 0 atom stereocenters. The molecule has 0 saturated heterocycles. The summed E-state index contributed by atoms with van der Waals surface area (Å²) < 4.78 is 10.1. The summed E-state index contributed by atoms with van der Waals surface area (Å²) in [5.74, 6) is -0.916. The second-order valence-electron chi connectivity index (χ2n) is 5.15. The van der Waals surface area contributed by atoms with E-state index in [1.165, 1.54) is 6.20 Å². The number of carbonyl (C=O) groups is 2. The van der Waals surface area contributed by atoms with Gasteiger partial charge in [0.15, 0.2) is 0 Å². The number of rotatable bonds is 5. The number of esters is 1. The summed E-state index contributed by atoms with van der Waals surface area (Å²) in [4.78, 5) is 27.3. The standard InChI is InChI=1S/C18H14ClNO4/c1-23-13-5-2-11(3-6-13)10-24-18(22)17(21)15-9-20-16-7-4-12(19)8-14(15)16/h2-9,20H,10H2,1H3. The fourth-order valence-corrected chi connectivity index (χ4v) is 2.50. The number of carbonyl (C=O) groups excluding carboxylic acids is 2. The second-order valence-corrected chi connectivity index (χ2v) is 5.58. The number of benzene rings is 2. The van der Waals surface area contributed by atoms with Crippen molar-refractivity contribution in [1.29, 1.82) is 0 Å². The molecule has 0 aliphatic carbocycles. The van der Waals surface area contributed by atoms with Gasteiger partial charge in [-0.2, -0.15) is 0 Å². The molecule has 0 unspecified atom stereocenters. The summed E-state index contributed by atoms with van der Waals surface area (Å²) in [6.45, 7) is 0.0116. The van der Waals surface area contributed by atoms with Crippen molar-refractivity contribution in [2.75, 3.05) is 7.11 Å². The zero-order chi connectivity index (χ0) is 17.1. The maximum atomic E-state index is 12.3. The van der Waals surface area contributed by atoms with Gasteiger partial charge in [0.25, 0.3) is 5.78 Å². The monoisotopic (exact) mass is 343 g/mol. The van der Waals surface area contributed by atoms with E-state index < -0.39 is 11.8 Å². The Morgan fingerprint density at radius 3 is 2.58 bits per heavy atom. The van der Waals surface area contributed by atoms with Gasteiger partial charge < -0.3 is 14.5 Å². The smallest absolute Gasteiger partial charge is 0.380 e. The van der Waals surface area contributed by atoms with Crippen LogP contribution in [-0.4, -0.2) is 23.8 Å². The molecule has 2 aromatic carbocycles. The van der Waals surface area contributed by atoms with E-state index >= 15 is 0 Å². The summed E-state index contributed by atoms with van der Waals surface area (Å²) in [5, 5.41) is 1.08. The molecule has 1 N–H and O–H groups in total. The van der Waals surface area contributed by atoms with Gasteiger partial charge in [-0.25, -0.2) is 4.79 Å². The Kier molecular flexibility index (Phi) is 4.53. The highest BCUT2D eigenvalue weighted by Crippen LogP contribution is 2.23. The van der Waals surface area contributed by atoms with Crippen LogP contribution in [0, 0.1) is 0 Å². The van der Waals surface area contributed by atoms with Crippen LogP contribution >= 0.6 is 11.6 Å². The quantitative estimate of drug-likeness (QED) is 0.435. The van der Waals surface area contributed by atoms with Crippen LogP contribution in [0.15, 0.2) is 48.7 Å². The first-order valence-corrected chi connectivity index (χ1v) is 7.57. The van der Waals surface area contributed by atoms with E-state index in [2.05, 4.69) is 4.98 Å². The van der Waals surface area contributed by atoms with Gasteiger partial charge >= 0.3 is 5.97 Å². The molecule has 1 heterocycles. The molecule has 3 rings (SSSR count). The third kappa shape index (κ3) is 3.26. The van der Waals surface area contributed by atoms with Crippen LogP contribution < -0.4 is 4.74 Å². The molecule has 0 saturated carbocycles. The van der Waals surface area contributed by atoms with Gasteiger partial charge in [-0.3, -0.25) is 4.79 Å². The minimum absolute atomic E-state index is 0.0116. The fraction of sp³-hybridized carbons (Fsp3) is 0.111. The van der Waals surface area contributed by atoms with Gasteiger partial charge in [-0.1, -0.05) is 23.7 Å². The Labute approximate surface area is 143 Å². The lowest BCUT2D eigenvalue weighted by molar-refractivity contribution is -0.139. The molecule has 6 heteroatoms. The van der Waals surface area contributed by atoms with E-state index in [-0.39, 0.29) is 12.2 Å². The van der Waals surface area contributed by atoms with Crippen molar-refractivity contribution in [3.05, 3.63) is 64.8 Å². The Bertz CT molecular complexity index is 899. The van der Waals surface area contributed by atoms with Gasteiger partial charge in [-0.05, 0) is 35.9 Å². The normalized spacial score (nSPS) is 10.6. The van der Waals surface area contributed by atoms with Crippen molar-refractivity contribution in [2.45, 2.75) is 6.61 Å². The van der Waals surface area contributed by atoms with Gasteiger partial charge in [0.2, 0.25) is 0 Å². The average molecular weight is 344 g/mol. The van der Waals surface area contributed by atoms with E-state index in [0.29, 0.717) is 16.2 Å². The maximum absolute atomic E-state index is 12.3. The Morgan fingerprint density at radius 2 is 1.88 bits per heavy atom. The fourth-order valence-electron chi connectivity index (χ4n) is 2.33. The molecule has 0 fully saturated rings. The maximum Gasteiger partial charge on any atom is 0.380 e. The van der Waals surface area contributed by atoms with Gasteiger partial charge in [0.05, 0.1) is 12.7 Å². The molecule has 0 amide bonds. The summed E-state index contributed by atoms with van der Waals surface area (Å²) in [7, 11) is 1.57. The van der Waals surface area contributed by atoms with Crippen LogP contribution in [-0.2, 0) is 16.1 Å². The molecular formula is C18H14ClNO4. The largest absolute Gasteiger partial charge is 0.497 e. The van der Waals surface area contributed by atoms with Gasteiger partial charge in [0.1, 0.15) is 12.4 Å². The number of H-pyrrole nitrogens is 1. The molecular weight excluding hydrogens is 330 g/mol. The van der Waals surface area contributed by atoms with E-state index in [1.54, 1.807) is 49.6 Å². The van der Waals surface area contributed by atoms with Gasteiger partial charge in [0, 0.05) is 22.1 Å². The first-order valence-electron chi connectivity index (χ1n) is 7.19. The molecule has 0 aliphatic heterocycles. The minimum Gasteiger partial charge on any atom is -0.497 e. The minimum atomic E-state index is -0.910. The molecule has 1 aromatic heterocycles. The van der Waals surface area contributed by atoms with Crippen LogP contribution in [0.1, 0.15) is 15.9 Å². The van der Waals surface area contributed by atoms with Crippen molar-refractivity contribution >= 4 is 34.3 Å². The molecule has 5 nitrogen and oxygen atoms in total. The predicted molar refractivity (Wildman–Crippen MR) is 90.4 cm³/mol. The summed E-state index contributed by atoms with van der Waals surface area (Å²) >= 11 is 5.95. The highest BCUT2D eigenvalue weighted by molar-refractivity contribution is 6.43. The predicted octanol–water partition coefficient (Wildman–Crippen LogP) is 3.76. The molecule has 24 heavy (non-hydrogen) atoms. The number of nitrogens with one attached hydrogen (secondary N) is 1. The van der Waals surface area contributed by atoms with E-state index in [1.807, 2.05) is 0 Å². The van der Waals surface area contributed by atoms with Crippen molar-refractivity contribution in [1.82, 2.24) is 4.98 Å². The first kappa shape index (κ1) is 16.1. The number of hydrogen-bond acceptors (Lipinski definition) is 4. The van der Waals surface area contributed by atoms with E-state index in [9.17, 15) is 9.59 Å². The van der Waals surface area contributed by atoms with E-state index in [4.69, 9.17) is 21.1 Å². The first-order chi connectivity index (χ1) is 11.6.